The van der Waals surface area contributed by atoms with Crippen molar-refractivity contribution in [3.8, 4) is 0 Å². The van der Waals surface area contributed by atoms with E-state index in [1.807, 2.05) is 12.1 Å². The van der Waals surface area contributed by atoms with E-state index in [4.69, 9.17) is 5.73 Å². The summed E-state index contributed by atoms with van der Waals surface area (Å²) >= 11 is 3.48. The van der Waals surface area contributed by atoms with E-state index in [-0.39, 0.29) is 12.0 Å². The molecule has 2 atom stereocenters. The highest BCUT2D eigenvalue weighted by atomic mass is 79.9. The number of aliphatic hydroxyl groups excluding tert-OH is 1. The minimum atomic E-state index is -0.301. The van der Waals surface area contributed by atoms with Gasteiger partial charge in [-0.1, -0.05) is 47.3 Å². The SMILES string of the molecule is NCC(c1cccc(Br)c1)C(O)C1CCCCC1. The van der Waals surface area contributed by atoms with Gasteiger partial charge in [0, 0.05) is 16.9 Å². The van der Waals surface area contributed by atoms with Crippen LogP contribution in [0.4, 0.5) is 0 Å². The molecule has 1 aliphatic carbocycles. The standard InChI is InChI=1S/C15H22BrNO/c16-13-8-4-7-12(9-13)14(10-17)15(18)11-5-2-1-3-6-11/h4,7-9,11,14-15,18H,1-3,5-6,10,17H2. The molecule has 0 heterocycles. The lowest BCUT2D eigenvalue weighted by molar-refractivity contribution is 0.0624. The fourth-order valence-corrected chi connectivity index (χ4v) is 3.43. The van der Waals surface area contributed by atoms with Gasteiger partial charge in [0.2, 0.25) is 0 Å². The van der Waals surface area contributed by atoms with E-state index in [1.165, 1.54) is 19.3 Å². The molecule has 18 heavy (non-hydrogen) atoms. The first-order valence-corrected chi connectivity index (χ1v) is 7.65. The Labute approximate surface area is 118 Å². The van der Waals surface area contributed by atoms with Crippen molar-refractivity contribution in [1.82, 2.24) is 0 Å². The largest absolute Gasteiger partial charge is 0.392 e. The van der Waals surface area contributed by atoms with Crippen LogP contribution in [-0.2, 0) is 0 Å². The van der Waals surface area contributed by atoms with Crippen LogP contribution in [0.5, 0.6) is 0 Å². The zero-order valence-electron chi connectivity index (χ0n) is 10.7. The first-order chi connectivity index (χ1) is 8.72. The predicted molar refractivity (Wildman–Crippen MR) is 78.5 cm³/mol. The topological polar surface area (TPSA) is 46.2 Å². The molecule has 1 fully saturated rings. The minimum absolute atomic E-state index is 0.0607. The number of rotatable bonds is 4. The molecule has 3 heteroatoms. The van der Waals surface area contributed by atoms with Crippen LogP contribution in [0, 0.1) is 5.92 Å². The summed E-state index contributed by atoms with van der Waals surface area (Å²) in [6.45, 7) is 0.508. The van der Waals surface area contributed by atoms with Gasteiger partial charge >= 0.3 is 0 Å². The van der Waals surface area contributed by atoms with Gasteiger partial charge in [0.1, 0.15) is 0 Å². The zero-order chi connectivity index (χ0) is 13.0. The van der Waals surface area contributed by atoms with Gasteiger partial charge in [-0.25, -0.2) is 0 Å². The molecule has 100 valence electrons. The van der Waals surface area contributed by atoms with Crippen molar-refractivity contribution >= 4 is 15.9 Å². The molecule has 1 aromatic carbocycles. The van der Waals surface area contributed by atoms with Gasteiger partial charge < -0.3 is 10.8 Å². The molecule has 0 bridgehead atoms. The predicted octanol–water partition coefficient (Wildman–Crippen LogP) is 3.43. The fraction of sp³-hybridized carbons (Fsp3) is 0.600. The second kappa shape index (κ2) is 6.69. The summed E-state index contributed by atoms with van der Waals surface area (Å²) in [5, 5.41) is 10.6. The van der Waals surface area contributed by atoms with Gasteiger partial charge in [0.05, 0.1) is 6.10 Å². The van der Waals surface area contributed by atoms with Crippen LogP contribution >= 0.6 is 15.9 Å². The van der Waals surface area contributed by atoms with E-state index in [0.717, 1.165) is 22.9 Å². The Kier molecular flexibility index (Phi) is 5.22. The molecule has 2 unspecified atom stereocenters. The molecule has 2 rings (SSSR count). The molecule has 0 spiro atoms. The van der Waals surface area contributed by atoms with E-state index in [9.17, 15) is 5.11 Å². The Morgan fingerprint density at radius 3 is 2.61 bits per heavy atom. The maximum atomic E-state index is 10.6. The van der Waals surface area contributed by atoms with Crippen molar-refractivity contribution in [3.63, 3.8) is 0 Å². The monoisotopic (exact) mass is 311 g/mol. The van der Waals surface area contributed by atoms with Crippen LogP contribution in [-0.4, -0.2) is 17.8 Å². The number of benzene rings is 1. The molecule has 0 aliphatic heterocycles. The maximum Gasteiger partial charge on any atom is 0.0648 e. The van der Waals surface area contributed by atoms with E-state index >= 15 is 0 Å². The lowest BCUT2D eigenvalue weighted by Crippen LogP contribution is -2.33. The lowest BCUT2D eigenvalue weighted by atomic mass is 9.78. The maximum absolute atomic E-state index is 10.6. The summed E-state index contributed by atoms with van der Waals surface area (Å²) < 4.78 is 1.05. The van der Waals surface area contributed by atoms with Crippen LogP contribution in [0.2, 0.25) is 0 Å². The molecule has 2 nitrogen and oxygen atoms in total. The molecule has 1 saturated carbocycles. The summed E-state index contributed by atoms with van der Waals surface area (Å²) in [7, 11) is 0. The molecule has 1 aromatic rings. The second-order valence-electron chi connectivity index (χ2n) is 5.29. The van der Waals surface area contributed by atoms with Crippen LogP contribution in [0.15, 0.2) is 28.7 Å². The van der Waals surface area contributed by atoms with E-state index in [2.05, 4.69) is 28.1 Å². The molecule has 0 radical (unpaired) electrons. The van der Waals surface area contributed by atoms with Crippen molar-refractivity contribution in [2.75, 3.05) is 6.54 Å². The van der Waals surface area contributed by atoms with Crippen LogP contribution in [0.1, 0.15) is 43.6 Å². The van der Waals surface area contributed by atoms with Crippen molar-refractivity contribution in [1.29, 1.82) is 0 Å². The molecular weight excluding hydrogens is 290 g/mol. The summed E-state index contributed by atoms with van der Waals surface area (Å²) in [4.78, 5) is 0. The van der Waals surface area contributed by atoms with Crippen LogP contribution < -0.4 is 5.73 Å². The number of hydrogen-bond acceptors (Lipinski definition) is 2. The van der Waals surface area contributed by atoms with E-state index in [1.54, 1.807) is 0 Å². The summed E-state index contributed by atoms with van der Waals surface area (Å²) in [5.41, 5.74) is 7.03. The van der Waals surface area contributed by atoms with E-state index in [0.29, 0.717) is 12.5 Å². The molecule has 0 aromatic heterocycles. The lowest BCUT2D eigenvalue weighted by Gasteiger charge is -2.32. The average molecular weight is 312 g/mol. The highest BCUT2D eigenvalue weighted by molar-refractivity contribution is 9.10. The Hall–Kier alpha value is -0.380. The quantitative estimate of drug-likeness (QED) is 0.895. The summed E-state index contributed by atoms with van der Waals surface area (Å²) in [6, 6.07) is 8.15. The Morgan fingerprint density at radius 2 is 2.00 bits per heavy atom. The van der Waals surface area contributed by atoms with Crippen LogP contribution in [0.25, 0.3) is 0 Å². The molecular formula is C15H22BrNO. The number of hydrogen-bond donors (Lipinski definition) is 2. The third kappa shape index (κ3) is 3.34. The van der Waals surface area contributed by atoms with Crippen molar-refractivity contribution in [3.05, 3.63) is 34.3 Å². The zero-order valence-corrected chi connectivity index (χ0v) is 12.3. The van der Waals surface area contributed by atoms with Gasteiger partial charge in [-0.3, -0.25) is 0 Å². The smallest absolute Gasteiger partial charge is 0.0648 e. The first kappa shape index (κ1) is 14.0. The number of aliphatic hydroxyl groups is 1. The van der Waals surface area contributed by atoms with Crippen LogP contribution in [0.3, 0.4) is 0 Å². The van der Waals surface area contributed by atoms with Gasteiger partial charge in [0.25, 0.3) is 0 Å². The molecule has 0 saturated heterocycles. The van der Waals surface area contributed by atoms with Crippen molar-refractivity contribution < 1.29 is 5.11 Å². The van der Waals surface area contributed by atoms with Gasteiger partial charge in [-0.15, -0.1) is 0 Å². The Morgan fingerprint density at radius 1 is 1.28 bits per heavy atom. The van der Waals surface area contributed by atoms with Gasteiger partial charge in [-0.05, 0) is 36.5 Å². The Bertz CT molecular complexity index is 377. The molecule has 1 aliphatic rings. The summed E-state index contributed by atoms with van der Waals surface area (Å²) in [6.07, 6.45) is 5.80. The highest BCUT2D eigenvalue weighted by Crippen LogP contribution is 2.33. The number of halogens is 1. The average Bonchev–Trinajstić information content (AvgIpc) is 2.40. The minimum Gasteiger partial charge on any atom is -0.392 e. The van der Waals surface area contributed by atoms with E-state index < -0.39 is 0 Å². The van der Waals surface area contributed by atoms with Gasteiger partial charge in [-0.2, -0.15) is 0 Å². The summed E-state index contributed by atoms with van der Waals surface area (Å²) in [5.74, 6) is 0.483. The molecule has 3 N–H and O–H groups in total. The van der Waals surface area contributed by atoms with Crippen molar-refractivity contribution in [2.45, 2.75) is 44.1 Å². The third-order valence-electron chi connectivity index (χ3n) is 4.08. The highest BCUT2D eigenvalue weighted by Gasteiger charge is 2.29. The second-order valence-corrected chi connectivity index (χ2v) is 6.20. The van der Waals surface area contributed by atoms with Crippen molar-refractivity contribution in [2.24, 2.45) is 11.7 Å². The first-order valence-electron chi connectivity index (χ1n) is 6.86. The number of nitrogens with two attached hydrogens (primary N) is 1. The fourth-order valence-electron chi connectivity index (χ4n) is 3.01. The third-order valence-corrected chi connectivity index (χ3v) is 4.57. The van der Waals surface area contributed by atoms with Gasteiger partial charge in [0.15, 0.2) is 0 Å². The Balaban J connectivity index is 2.11. The normalized spacial score (nSPS) is 20.6. The molecule has 0 amide bonds.